The van der Waals surface area contributed by atoms with Gasteiger partial charge in [-0.2, -0.15) is 0 Å². The first-order valence-corrected chi connectivity index (χ1v) is 7.97. The molecule has 2 amide bonds. The van der Waals surface area contributed by atoms with Crippen LogP contribution in [0.5, 0.6) is 5.75 Å². The highest BCUT2D eigenvalue weighted by Crippen LogP contribution is 2.19. The molecule has 1 unspecified atom stereocenters. The van der Waals surface area contributed by atoms with Gasteiger partial charge in [-0.15, -0.1) is 0 Å². The number of hydrogen-bond donors (Lipinski definition) is 1. The molecule has 6 nitrogen and oxygen atoms in total. The van der Waals surface area contributed by atoms with Crippen molar-refractivity contribution in [3.05, 3.63) is 46.8 Å². The molecule has 130 valence electrons. The molecule has 6 heteroatoms. The second-order valence-corrected chi connectivity index (χ2v) is 6.03. The molecule has 0 saturated carbocycles. The summed E-state index contributed by atoms with van der Waals surface area (Å²) >= 11 is 0. The van der Waals surface area contributed by atoms with Gasteiger partial charge in [0.1, 0.15) is 11.5 Å². The number of urea groups is 1. The topological polar surface area (TPSA) is 67.6 Å². The Morgan fingerprint density at radius 3 is 2.71 bits per heavy atom. The van der Waals surface area contributed by atoms with Gasteiger partial charge in [-0.05, 0) is 38.8 Å². The third kappa shape index (κ3) is 4.28. The molecule has 1 atom stereocenters. The summed E-state index contributed by atoms with van der Waals surface area (Å²) in [6.07, 6.45) is 0.703. The Morgan fingerprint density at radius 2 is 2.08 bits per heavy atom. The van der Waals surface area contributed by atoms with E-state index in [9.17, 15) is 4.79 Å². The Labute approximate surface area is 142 Å². The molecule has 1 N–H and O–H groups in total. The van der Waals surface area contributed by atoms with Crippen LogP contribution in [-0.2, 0) is 13.0 Å². The van der Waals surface area contributed by atoms with Gasteiger partial charge in [0.15, 0.2) is 0 Å². The highest BCUT2D eigenvalue weighted by Gasteiger charge is 2.17. The molecule has 1 aromatic carbocycles. The van der Waals surface area contributed by atoms with E-state index in [1.54, 1.807) is 19.1 Å². The van der Waals surface area contributed by atoms with E-state index in [0.717, 1.165) is 28.3 Å². The molecule has 0 spiro atoms. The molecule has 0 aliphatic heterocycles. The quantitative estimate of drug-likeness (QED) is 0.883. The van der Waals surface area contributed by atoms with Crippen LogP contribution in [0, 0.1) is 13.8 Å². The second-order valence-electron chi connectivity index (χ2n) is 6.03. The van der Waals surface area contributed by atoms with Crippen LogP contribution in [0.2, 0.25) is 0 Å². The van der Waals surface area contributed by atoms with Crippen LogP contribution in [0.25, 0.3) is 0 Å². The summed E-state index contributed by atoms with van der Waals surface area (Å²) in [6, 6.07) is 7.69. The Morgan fingerprint density at radius 1 is 1.38 bits per heavy atom. The molecule has 24 heavy (non-hydrogen) atoms. The van der Waals surface area contributed by atoms with Gasteiger partial charge < -0.3 is 19.5 Å². The van der Waals surface area contributed by atoms with Crippen LogP contribution in [0.15, 0.2) is 28.8 Å². The predicted molar refractivity (Wildman–Crippen MR) is 92.1 cm³/mol. The van der Waals surface area contributed by atoms with Gasteiger partial charge in [0, 0.05) is 18.7 Å². The molecule has 2 rings (SSSR count). The van der Waals surface area contributed by atoms with Crippen molar-refractivity contribution >= 4 is 6.03 Å². The zero-order chi connectivity index (χ0) is 17.7. The third-order valence-corrected chi connectivity index (χ3v) is 4.01. The van der Waals surface area contributed by atoms with Gasteiger partial charge in [0.25, 0.3) is 0 Å². The summed E-state index contributed by atoms with van der Waals surface area (Å²) in [6.45, 7) is 6.18. The lowest BCUT2D eigenvalue weighted by Gasteiger charge is -2.22. The SMILES string of the molecule is COc1ccccc1CC(C)NC(=O)N(C)Cc1c(C)noc1C. The van der Waals surface area contributed by atoms with Crippen molar-refractivity contribution in [3.8, 4) is 5.75 Å². The number of aromatic nitrogens is 1. The van der Waals surface area contributed by atoms with E-state index in [-0.39, 0.29) is 12.1 Å². The molecular weight excluding hydrogens is 306 g/mol. The molecular formula is C18H25N3O3. The molecule has 0 radical (unpaired) electrons. The second kappa shape index (κ2) is 7.86. The number of carbonyl (C=O) groups is 1. The van der Waals surface area contributed by atoms with Gasteiger partial charge in [0.05, 0.1) is 19.3 Å². The summed E-state index contributed by atoms with van der Waals surface area (Å²) in [5.74, 6) is 1.58. The number of nitrogens with one attached hydrogen (secondary N) is 1. The van der Waals surface area contributed by atoms with Gasteiger partial charge in [-0.25, -0.2) is 4.79 Å². The molecule has 1 aromatic heterocycles. The minimum absolute atomic E-state index is 0.0130. The van der Waals surface area contributed by atoms with Crippen molar-refractivity contribution in [2.75, 3.05) is 14.2 Å². The maximum Gasteiger partial charge on any atom is 0.317 e. The standard InChI is InChI=1S/C18H25N3O3/c1-12(10-15-8-6-7-9-17(15)23-5)19-18(22)21(4)11-16-13(2)20-24-14(16)3/h6-9,12H,10-11H2,1-5H3,(H,19,22). The summed E-state index contributed by atoms with van der Waals surface area (Å²) < 4.78 is 10.5. The molecule has 2 aromatic rings. The lowest BCUT2D eigenvalue weighted by Crippen LogP contribution is -2.42. The minimum Gasteiger partial charge on any atom is -0.496 e. The zero-order valence-corrected chi connectivity index (χ0v) is 14.9. The van der Waals surface area contributed by atoms with Crippen molar-refractivity contribution in [3.63, 3.8) is 0 Å². The molecule has 0 fully saturated rings. The first kappa shape index (κ1) is 17.8. The predicted octanol–water partition coefficient (Wildman–Crippen LogP) is 3.07. The highest BCUT2D eigenvalue weighted by atomic mass is 16.5. The Bertz CT molecular complexity index is 677. The van der Waals surface area contributed by atoms with Crippen LogP contribution >= 0.6 is 0 Å². The molecule has 0 aliphatic carbocycles. The lowest BCUT2D eigenvalue weighted by molar-refractivity contribution is 0.203. The van der Waals surface area contributed by atoms with Crippen LogP contribution in [0.4, 0.5) is 4.79 Å². The zero-order valence-electron chi connectivity index (χ0n) is 14.9. The number of methoxy groups -OCH3 is 1. The van der Waals surface area contributed by atoms with Crippen LogP contribution in [0.1, 0.15) is 29.5 Å². The van der Waals surface area contributed by atoms with E-state index in [0.29, 0.717) is 13.0 Å². The maximum atomic E-state index is 12.4. The Kier molecular flexibility index (Phi) is 5.84. The van der Waals surface area contributed by atoms with Gasteiger partial charge in [-0.3, -0.25) is 0 Å². The Hall–Kier alpha value is -2.50. The number of para-hydroxylation sites is 1. The van der Waals surface area contributed by atoms with Crippen molar-refractivity contribution in [1.82, 2.24) is 15.4 Å². The van der Waals surface area contributed by atoms with Gasteiger partial charge in [0.2, 0.25) is 0 Å². The monoisotopic (exact) mass is 331 g/mol. The van der Waals surface area contributed by atoms with E-state index in [2.05, 4.69) is 10.5 Å². The normalized spacial score (nSPS) is 11.9. The Balaban J connectivity index is 1.93. The number of amides is 2. The summed E-state index contributed by atoms with van der Waals surface area (Å²) in [7, 11) is 3.41. The van der Waals surface area contributed by atoms with Crippen molar-refractivity contribution in [2.24, 2.45) is 0 Å². The van der Waals surface area contributed by atoms with E-state index in [4.69, 9.17) is 9.26 Å². The van der Waals surface area contributed by atoms with E-state index >= 15 is 0 Å². The summed E-state index contributed by atoms with van der Waals surface area (Å²) in [5.41, 5.74) is 2.83. The largest absolute Gasteiger partial charge is 0.496 e. The number of rotatable bonds is 6. The van der Waals surface area contributed by atoms with Crippen LogP contribution in [-0.4, -0.2) is 36.3 Å². The molecule has 0 saturated heterocycles. The van der Waals surface area contributed by atoms with E-state index in [1.165, 1.54) is 0 Å². The number of benzene rings is 1. The highest BCUT2D eigenvalue weighted by molar-refractivity contribution is 5.74. The van der Waals surface area contributed by atoms with Crippen LogP contribution < -0.4 is 10.1 Å². The summed E-state index contributed by atoms with van der Waals surface area (Å²) in [5, 5.41) is 6.93. The van der Waals surface area contributed by atoms with Crippen molar-refractivity contribution in [2.45, 2.75) is 39.8 Å². The number of nitrogens with zero attached hydrogens (tertiary/aromatic N) is 2. The number of ether oxygens (including phenoxy) is 1. The molecule has 0 aliphatic rings. The smallest absolute Gasteiger partial charge is 0.317 e. The van der Waals surface area contributed by atoms with Crippen molar-refractivity contribution < 1.29 is 14.1 Å². The number of aryl methyl sites for hydroxylation is 2. The maximum absolute atomic E-state index is 12.4. The molecule has 1 heterocycles. The fourth-order valence-electron chi connectivity index (χ4n) is 2.61. The summed E-state index contributed by atoms with van der Waals surface area (Å²) in [4.78, 5) is 14.0. The van der Waals surface area contributed by atoms with Crippen LogP contribution in [0.3, 0.4) is 0 Å². The minimum atomic E-state index is -0.127. The first-order valence-electron chi connectivity index (χ1n) is 7.97. The van der Waals surface area contributed by atoms with Gasteiger partial charge in [-0.1, -0.05) is 23.4 Å². The molecule has 0 bridgehead atoms. The van der Waals surface area contributed by atoms with E-state index in [1.807, 2.05) is 45.0 Å². The third-order valence-electron chi connectivity index (χ3n) is 4.01. The van der Waals surface area contributed by atoms with E-state index < -0.39 is 0 Å². The first-order chi connectivity index (χ1) is 11.4. The fourth-order valence-corrected chi connectivity index (χ4v) is 2.61. The van der Waals surface area contributed by atoms with Gasteiger partial charge >= 0.3 is 6.03 Å². The van der Waals surface area contributed by atoms with Crippen molar-refractivity contribution in [1.29, 1.82) is 0 Å². The fraction of sp³-hybridized carbons (Fsp3) is 0.444. The number of hydrogen-bond acceptors (Lipinski definition) is 4. The number of carbonyl (C=O) groups excluding carboxylic acids is 1. The average Bonchev–Trinajstić information content (AvgIpc) is 2.87. The lowest BCUT2D eigenvalue weighted by atomic mass is 10.1. The average molecular weight is 331 g/mol.